The van der Waals surface area contributed by atoms with E-state index in [1.807, 2.05) is 19.2 Å². The maximum Gasteiger partial charge on any atom is 0.0985 e. The van der Waals surface area contributed by atoms with Crippen LogP contribution in [0, 0.1) is 0 Å². The minimum Gasteiger partial charge on any atom is -0.313 e. The first-order chi connectivity index (χ1) is 8.90. The number of nitrogens with zero attached hydrogens (tertiary/aromatic N) is 1. The van der Waals surface area contributed by atoms with Gasteiger partial charge in [0.25, 0.3) is 0 Å². The van der Waals surface area contributed by atoms with Gasteiger partial charge in [-0.05, 0) is 10.8 Å². The van der Waals surface area contributed by atoms with Crippen LogP contribution in [-0.4, -0.2) is 7.05 Å². The van der Waals surface area contributed by atoms with Crippen LogP contribution in [0.25, 0.3) is 21.5 Å². The second-order valence-electron chi connectivity index (χ2n) is 4.19. The summed E-state index contributed by atoms with van der Waals surface area (Å²) in [6, 6.07) is 20.9. The molecule has 0 bridgehead atoms. The largest absolute Gasteiger partial charge is 0.313 e. The molecule has 0 aromatic heterocycles. The van der Waals surface area contributed by atoms with Crippen molar-refractivity contribution in [2.24, 2.45) is 5.10 Å². The highest BCUT2D eigenvalue weighted by molar-refractivity contribution is 5.92. The number of hydrogen-bond donors (Lipinski definition) is 1. The Kier molecular flexibility index (Phi) is 2.69. The smallest absolute Gasteiger partial charge is 0.0985 e. The van der Waals surface area contributed by atoms with E-state index in [-0.39, 0.29) is 0 Å². The Morgan fingerprint density at radius 2 is 1.22 bits per heavy atom. The van der Waals surface area contributed by atoms with Gasteiger partial charge in [-0.2, -0.15) is 5.10 Å². The molecule has 0 heterocycles. The van der Waals surface area contributed by atoms with Crippen molar-refractivity contribution in [2.75, 3.05) is 7.05 Å². The summed E-state index contributed by atoms with van der Waals surface area (Å²) in [4.78, 5) is 0. The fourth-order valence-corrected chi connectivity index (χ4v) is 2.27. The van der Waals surface area contributed by atoms with Crippen molar-refractivity contribution in [3.05, 3.63) is 66.0 Å². The highest BCUT2D eigenvalue weighted by Crippen LogP contribution is 2.14. The van der Waals surface area contributed by atoms with E-state index in [0.29, 0.717) is 0 Å². The van der Waals surface area contributed by atoms with Gasteiger partial charge in [-0.25, -0.2) is 0 Å². The molecule has 3 aromatic rings. The van der Waals surface area contributed by atoms with Gasteiger partial charge in [-0.15, -0.1) is 0 Å². The van der Waals surface area contributed by atoms with Gasteiger partial charge in [0.15, 0.2) is 0 Å². The lowest BCUT2D eigenvalue weighted by Crippen LogP contribution is -2.09. The third kappa shape index (κ3) is 1.72. The molecule has 3 rings (SSSR count). The van der Waals surface area contributed by atoms with Crippen molar-refractivity contribution < 1.29 is 0 Å². The van der Waals surface area contributed by atoms with Crippen LogP contribution >= 0.6 is 0 Å². The highest BCUT2D eigenvalue weighted by atomic mass is 15.3. The molecule has 0 saturated heterocycles. The van der Waals surface area contributed by atoms with Crippen LogP contribution in [0.1, 0.15) is 0 Å². The van der Waals surface area contributed by atoms with Gasteiger partial charge in [0.2, 0.25) is 0 Å². The Bertz CT molecular complexity index is 714. The van der Waals surface area contributed by atoms with Crippen LogP contribution in [0.15, 0.2) is 65.8 Å². The number of fused-ring (bicyclic) bond motifs is 2. The summed E-state index contributed by atoms with van der Waals surface area (Å²) >= 11 is 0. The van der Waals surface area contributed by atoms with Gasteiger partial charge in [-0.3, -0.25) is 0 Å². The van der Waals surface area contributed by atoms with E-state index >= 15 is 0 Å². The zero-order valence-electron chi connectivity index (χ0n) is 10.2. The second kappa shape index (κ2) is 4.49. The molecule has 0 aliphatic carbocycles. The van der Waals surface area contributed by atoms with Crippen molar-refractivity contribution in [1.29, 1.82) is 0 Å². The highest BCUT2D eigenvalue weighted by Gasteiger charge is 1.99. The molecule has 0 fully saturated rings. The summed E-state index contributed by atoms with van der Waals surface area (Å²) in [5.41, 5.74) is 2.91. The average molecular weight is 234 g/mol. The van der Waals surface area contributed by atoms with Crippen LogP contribution in [0.3, 0.4) is 0 Å². The lowest BCUT2D eigenvalue weighted by Gasteiger charge is -1.96. The predicted molar refractivity (Wildman–Crippen MR) is 76.1 cm³/mol. The van der Waals surface area contributed by atoms with E-state index in [0.717, 1.165) is 16.1 Å². The molecule has 3 aromatic carbocycles. The van der Waals surface area contributed by atoms with E-state index in [1.165, 1.54) is 10.8 Å². The van der Waals surface area contributed by atoms with Gasteiger partial charge in [0, 0.05) is 17.8 Å². The van der Waals surface area contributed by atoms with E-state index in [9.17, 15) is 0 Å². The SMILES string of the molecule is CNN=c1c2ccccc2ccc2ccccc12. The Morgan fingerprint density at radius 3 is 1.72 bits per heavy atom. The second-order valence-corrected chi connectivity index (χ2v) is 4.19. The molecule has 0 unspecified atom stereocenters. The van der Waals surface area contributed by atoms with Gasteiger partial charge in [-0.1, -0.05) is 60.7 Å². The molecule has 18 heavy (non-hydrogen) atoms. The Hall–Kier alpha value is -2.35. The van der Waals surface area contributed by atoms with E-state index < -0.39 is 0 Å². The molecule has 0 spiro atoms. The molecule has 0 atom stereocenters. The minimum atomic E-state index is 0.994. The molecule has 0 amide bonds. The van der Waals surface area contributed by atoms with Crippen molar-refractivity contribution in [1.82, 2.24) is 5.43 Å². The van der Waals surface area contributed by atoms with Gasteiger partial charge < -0.3 is 5.43 Å². The van der Waals surface area contributed by atoms with Crippen LogP contribution in [0.2, 0.25) is 0 Å². The third-order valence-corrected chi connectivity index (χ3v) is 3.10. The molecular weight excluding hydrogens is 220 g/mol. The normalized spacial score (nSPS) is 10.5. The average Bonchev–Trinajstić information content (AvgIpc) is 2.58. The molecular formula is C16H14N2. The Morgan fingerprint density at radius 1 is 0.722 bits per heavy atom. The predicted octanol–water partition coefficient (Wildman–Crippen LogP) is 3.03. The first-order valence-electron chi connectivity index (χ1n) is 6.01. The molecule has 0 aliphatic heterocycles. The number of benzene rings is 2. The summed E-state index contributed by atoms with van der Waals surface area (Å²) < 4.78 is 0. The third-order valence-electron chi connectivity index (χ3n) is 3.10. The standard InChI is InChI=1S/C16H14N2/c1-17-18-16-14-8-4-2-6-12(14)10-11-13-7-3-5-9-15(13)16/h2-11,17H,1H3. The first kappa shape index (κ1) is 10.8. The number of hydrogen-bond acceptors (Lipinski definition) is 2. The van der Waals surface area contributed by atoms with E-state index in [2.05, 4.69) is 59.1 Å². The van der Waals surface area contributed by atoms with Crippen molar-refractivity contribution >= 4 is 21.5 Å². The summed E-state index contributed by atoms with van der Waals surface area (Å²) in [6.07, 6.45) is 0. The topological polar surface area (TPSA) is 24.4 Å². The summed E-state index contributed by atoms with van der Waals surface area (Å²) in [6.45, 7) is 0. The van der Waals surface area contributed by atoms with Crippen molar-refractivity contribution in [3.63, 3.8) is 0 Å². The van der Waals surface area contributed by atoms with Gasteiger partial charge in [0.05, 0.1) is 5.36 Å². The van der Waals surface area contributed by atoms with E-state index in [1.54, 1.807) is 0 Å². The maximum absolute atomic E-state index is 4.45. The lowest BCUT2D eigenvalue weighted by atomic mass is 10.1. The van der Waals surface area contributed by atoms with Crippen molar-refractivity contribution in [3.8, 4) is 0 Å². The summed E-state index contributed by atoms with van der Waals surface area (Å²) in [5.74, 6) is 0. The fourth-order valence-electron chi connectivity index (χ4n) is 2.27. The summed E-state index contributed by atoms with van der Waals surface area (Å²) in [7, 11) is 1.83. The molecule has 0 radical (unpaired) electrons. The minimum absolute atomic E-state index is 0.994. The molecule has 1 N–H and O–H groups in total. The zero-order valence-corrected chi connectivity index (χ0v) is 10.2. The fraction of sp³-hybridized carbons (Fsp3) is 0.0625. The molecule has 88 valence electrons. The number of rotatable bonds is 1. The monoisotopic (exact) mass is 234 g/mol. The van der Waals surface area contributed by atoms with Gasteiger partial charge >= 0.3 is 0 Å². The van der Waals surface area contributed by atoms with Gasteiger partial charge in [0.1, 0.15) is 0 Å². The summed E-state index contributed by atoms with van der Waals surface area (Å²) in [5, 5.41) is 10.2. The van der Waals surface area contributed by atoms with Crippen LogP contribution in [0.4, 0.5) is 0 Å². The van der Waals surface area contributed by atoms with Crippen LogP contribution < -0.4 is 10.8 Å². The molecule has 2 heteroatoms. The van der Waals surface area contributed by atoms with E-state index in [4.69, 9.17) is 0 Å². The molecule has 0 aliphatic rings. The first-order valence-corrected chi connectivity index (χ1v) is 6.01. The maximum atomic E-state index is 4.45. The Labute approximate surface area is 106 Å². The quantitative estimate of drug-likeness (QED) is 0.643. The van der Waals surface area contributed by atoms with Crippen LogP contribution in [-0.2, 0) is 0 Å². The van der Waals surface area contributed by atoms with Crippen LogP contribution in [0.5, 0.6) is 0 Å². The van der Waals surface area contributed by atoms with Crippen molar-refractivity contribution in [2.45, 2.75) is 0 Å². The molecule has 2 nitrogen and oxygen atoms in total. The molecule has 0 saturated carbocycles. The zero-order chi connectivity index (χ0) is 12.4. The number of nitrogens with one attached hydrogen (secondary N) is 1. The lowest BCUT2D eigenvalue weighted by molar-refractivity contribution is 0.867. The Balaban J connectivity index is 2.66.